The van der Waals surface area contributed by atoms with E-state index in [9.17, 15) is 9.18 Å². The third kappa shape index (κ3) is 3.03. The van der Waals surface area contributed by atoms with Crippen LogP contribution in [0.25, 0.3) is 0 Å². The van der Waals surface area contributed by atoms with Crippen molar-refractivity contribution in [2.45, 2.75) is 6.92 Å². The third-order valence-corrected chi connectivity index (χ3v) is 2.09. The predicted molar refractivity (Wildman–Crippen MR) is 59.6 cm³/mol. The lowest BCUT2D eigenvalue weighted by Gasteiger charge is -2.05. The second-order valence-electron chi connectivity index (χ2n) is 3.49. The normalized spacial score (nSPS) is 10.1. The first-order valence-corrected chi connectivity index (χ1v) is 5.12. The summed E-state index contributed by atoms with van der Waals surface area (Å²) in [6.45, 7) is 1.44. The van der Waals surface area contributed by atoms with Gasteiger partial charge in [0, 0.05) is 0 Å². The number of nitrogens with zero attached hydrogens (tertiary/aromatic N) is 2. The van der Waals surface area contributed by atoms with Crippen LogP contribution in [0.1, 0.15) is 5.69 Å². The fourth-order valence-corrected chi connectivity index (χ4v) is 1.19. The number of benzene rings is 1. The summed E-state index contributed by atoms with van der Waals surface area (Å²) in [5, 5.41) is 9.48. The highest BCUT2D eigenvalue weighted by Crippen LogP contribution is 2.11. The Labute approximate surface area is 102 Å². The molecule has 0 aliphatic heterocycles. The standard InChI is InChI=1S/C11H10FN3O3/c1-7-11(15-18-14-7)13-10(16)6-17-9-4-2-8(12)3-5-9/h2-5H,6H2,1H3,(H,13,15,16). The Morgan fingerprint density at radius 3 is 2.72 bits per heavy atom. The number of ether oxygens (including phenoxy) is 1. The number of amides is 1. The Morgan fingerprint density at radius 1 is 1.39 bits per heavy atom. The molecule has 0 fully saturated rings. The summed E-state index contributed by atoms with van der Waals surface area (Å²) < 4.78 is 22.2. The molecule has 1 aromatic heterocycles. The van der Waals surface area contributed by atoms with Crippen molar-refractivity contribution in [2.75, 3.05) is 11.9 Å². The second-order valence-corrected chi connectivity index (χ2v) is 3.49. The van der Waals surface area contributed by atoms with Gasteiger partial charge in [0.15, 0.2) is 12.4 Å². The van der Waals surface area contributed by atoms with Gasteiger partial charge in [-0.05, 0) is 36.3 Å². The summed E-state index contributed by atoms with van der Waals surface area (Å²) in [4.78, 5) is 11.5. The quantitative estimate of drug-likeness (QED) is 0.891. The van der Waals surface area contributed by atoms with E-state index < -0.39 is 5.91 Å². The molecule has 2 rings (SSSR count). The van der Waals surface area contributed by atoms with Crippen LogP contribution < -0.4 is 10.1 Å². The maximum Gasteiger partial charge on any atom is 0.263 e. The maximum atomic E-state index is 12.6. The molecule has 0 radical (unpaired) electrons. The third-order valence-electron chi connectivity index (χ3n) is 2.09. The van der Waals surface area contributed by atoms with Crippen molar-refractivity contribution in [3.8, 4) is 5.75 Å². The molecule has 0 aliphatic carbocycles. The molecule has 18 heavy (non-hydrogen) atoms. The first-order valence-electron chi connectivity index (χ1n) is 5.12. The van der Waals surface area contributed by atoms with Gasteiger partial charge in [-0.25, -0.2) is 9.02 Å². The van der Waals surface area contributed by atoms with Gasteiger partial charge < -0.3 is 10.1 Å². The summed E-state index contributed by atoms with van der Waals surface area (Å²) in [6.07, 6.45) is 0. The molecule has 1 aromatic carbocycles. The number of carbonyl (C=O) groups excluding carboxylic acids is 1. The van der Waals surface area contributed by atoms with Gasteiger partial charge in [0.1, 0.15) is 17.3 Å². The van der Waals surface area contributed by atoms with Gasteiger partial charge in [-0.15, -0.1) is 0 Å². The molecule has 94 valence electrons. The van der Waals surface area contributed by atoms with Crippen molar-refractivity contribution in [1.29, 1.82) is 0 Å². The van der Waals surface area contributed by atoms with Crippen molar-refractivity contribution in [3.63, 3.8) is 0 Å². The SMILES string of the molecule is Cc1nonc1NC(=O)COc1ccc(F)cc1. The molecule has 0 atom stereocenters. The Balaban J connectivity index is 1.85. The lowest BCUT2D eigenvalue weighted by atomic mass is 10.3. The summed E-state index contributed by atoms with van der Waals surface area (Å²) in [5.41, 5.74) is 0.477. The highest BCUT2D eigenvalue weighted by atomic mass is 19.1. The predicted octanol–water partition coefficient (Wildman–Crippen LogP) is 1.53. The van der Waals surface area contributed by atoms with Crippen molar-refractivity contribution in [2.24, 2.45) is 0 Å². The fourth-order valence-electron chi connectivity index (χ4n) is 1.19. The average Bonchev–Trinajstić information content (AvgIpc) is 2.74. The van der Waals surface area contributed by atoms with E-state index in [2.05, 4.69) is 20.3 Å². The van der Waals surface area contributed by atoms with Crippen LogP contribution in [0.15, 0.2) is 28.9 Å². The number of aromatic nitrogens is 2. The van der Waals surface area contributed by atoms with Gasteiger partial charge in [-0.2, -0.15) is 0 Å². The van der Waals surface area contributed by atoms with Crippen LogP contribution in [0.2, 0.25) is 0 Å². The van der Waals surface area contributed by atoms with Crippen molar-refractivity contribution >= 4 is 11.7 Å². The summed E-state index contributed by atoms with van der Waals surface area (Å²) >= 11 is 0. The number of halogens is 1. The Bertz CT molecular complexity index is 539. The molecule has 1 N–H and O–H groups in total. The summed E-state index contributed by atoms with van der Waals surface area (Å²) in [6, 6.07) is 5.37. The molecular weight excluding hydrogens is 241 g/mol. The van der Waals surface area contributed by atoms with Crippen LogP contribution in [-0.4, -0.2) is 22.8 Å². The van der Waals surface area contributed by atoms with Crippen molar-refractivity contribution in [1.82, 2.24) is 10.3 Å². The minimum Gasteiger partial charge on any atom is -0.484 e. The van der Waals surface area contributed by atoms with Crippen LogP contribution >= 0.6 is 0 Å². The van der Waals surface area contributed by atoms with E-state index in [0.717, 1.165) is 0 Å². The molecule has 2 aromatic rings. The number of nitrogens with one attached hydrogen (secondary N) is 1. The van der Waals surface area contributed by atoms with E-state index in [4.69, 9.17) is 4.74 Å². The molecule has 0 saturated carbocycles. The summed E-state index contributed by atoms with van der Waals surface area (Å²) in [7, 11) is 0. The van der Waals surface area contributed by atoms with Crippen LogP contribution in [0.3, 0.4) is 0 Å². The first-order chi connectivity index (χ1) is 8.65. The molecule has 0 aliphatic rings. The topological polar surface area (TPSA) is 77.3 Å². The molecule has 6 nitrogen and oxygen atoms in total. The van der Waals surface area contributed by atoms with Crippen molar-refractivity contribution in [3.05, 3.63) is 35.8 Å². The maximum absolute atomic E-state index is 12.6. The lowest BCUT2D eigenvalue weighted by Crippen LogP contribution is -2.20. The molecule has 7 heteroatoms. The average molecular weight is 251 g/mol. The molecule has 0 bridgehead atoms. The van der Waals surface area contributed by atoms with Gasteiger partial charge >= 0.3 is 0 Å². The number of hydrogen-bond donors (Lipinski definition) is 1. The smallest absolute Gasteiger partial charge is 0.263 e. The zero-order valence-electron chi connectivity index (χ0n) is 9.51. The largest absolute Gasteiger partial charge is 0.484 e. The molecule has 0 unspecified atom stereocenters. The molecule has 0 spiro atoms. The number of carbonyl (C=O) groups is 1. The van der Waals surface area contributed by atoms with E-state index in [0.29, 0.717) is 11.4 Å². The van der Waals surface area contributed by atoms with Gasteiger partial charge in [-0.1, -0.05) is 5.16 Å². The Hall–Kier alpha value is -2.44. The number of aryl methyl sites for hydroxylation is 1. The van der Waals surface area contributed by atoms with E-state index in [1.807, 2.05) is 0 Å². The van der Waals surface area contributed by atoms with Crippen LogP contribution in [0.4, 0.5) is 10.2 Å². The molecule has 0 saturated heterocycles. The zero-order chi connectivity index (χ0) is 13.0. The van der Waals surface area contributed by atoms with Gasteiger partial charge in [0.25, 0.3) is 5.91 Å². The van der Waals surface area contributed by atoms with E-state index in [1.54, 1.807) is 6.92 Å². The van der Waals surface area contributed by atoms with Gasteiger partial charge in [0.2, 0.25) is 0 Å². The number of hydrogen-bond acceptors (Lipinski definition) is 5. The number of anilines is 1. The lowest BCUT2D eigenvalue weighted by molar-refractivity contribution is -0.118. The van der Waals surface area contributed by atoms with E-state index in [1.165, 1.54) is 24.3 Å². The first kappa shape index (κ1) is 12.0. The highest BCUT2D eigenvalue weighted by molar-refractivity contribution is 5.91. The molecule has 1 heterocycles. The van der Waals surface area contributed by atoms with Crippen LogP contribution in [0.5, 0.6) is 5.75 Å². The molecule has 1 amide bonds. The minimum absolute atomic E-state index is 0.210. The summed E-state index contributed by atoms with van der Waals surface area (Å²) in [5.74, 6) is -0.113. The van der Waals surface area contributed by atoms with Gasteiger partial charge in [0.05, 0.1) is 0 Å². The Morgan fingerprint density at radius 2 is 2.11 bits per heavy atom. The van der Waals surface area contributed by atoms with E-state index in [-0.39, 0.29) is 18.2 Å². The Kier molecular flexibility index (Phi) is 3.52. The molecular formula is C11H10FN3O3. The monoisotopic (exact) mass is 251 g/mol. The number of rotatable bonds is 4. The second kappa shape index (κ2) is 5.26. The highest BCUT2D eigenvalue weighted by Gasteiger charge is 2.09. The van der Waals surface area contributed by atoms with Gasteiger partial charge in [-0.3, -0.25) is 4.79 Å². The van der Waals surface area contributed by atoms with Crippen LogP contribution in [0, 0.1) is 12.7 Å². The van der Waals surface area contributed by atoms with Crippen molar-refractivity contribution < 1.29 is 18.6 Å². The van der Waals surface area contributed by atoms with Crippen LogP contribution in [-0.2, 0) is 4.79 Å². The fraction of sp³-hybridized carbons (Fsp3) is 0.182. The zero-order valence-corrected chi connectivity index (χ0v) is 9.51. The van der Waals surface area contributed by atoms with E-state index >= 15 is 0 Å². The minimum atomic E-state index is -0.405.